The number of fused-ring (bicyclic) bond motifs is 1. The maximum Gasteiger partial charge on any atom is 0.337 e. The molecule has 0 atom stereocenters. The highest BCUT2D eigenvalue weighted by Crippen LogP contribution is 2.19. The number of esters is 1. The minimum Gasteiger partial charge on any atom is -0.497 e. The molecule has 0 saturated carbocycles. The molecule has 3 aromatic carbocycles. The Morgan fingerprint density at radius 2 is 1.69 bits per heavy atom. The molecule has 0 fully saturated rings. The van der Waals surface area contributed by atoms with Crippen LogP contribution in [-0.4, -0.2) is 26.1 Å². The molecule has 1 N–H and O–H groups in total. The standard InChI is InChI=1S/C25H20N2O5/c1-30-20-12-10-18(11-13-20)26-23(28)21-15-16-6-3-4-9-22(16)32-24(21)27-19-8-5-7-17(14-19)25(29)31-2/h3-15H,1-2H3,(H,26,28). The van der Waals surface area contributed by atoms with E-state index in [-0.39, 0.29) is 17.0 Å². The van der Waals surface area contributed by atoms with Crippen LogP contribution in [-0.2, 0) is 4.74 Å². The fourth-order valence-electron chi connectivity index (χ4n) is 3.13. The lowest BCUT2D eigenvalue weighted by Gasteiger charge is -2.08. The van der Waals surface area contributed by atoms with E-state index in [2.05, 4.69) is 10.3 Å². The number of benzene rings is 3. The summed E-state index contributed by atoms with van der Waals surface area (Å²) >= 11 is 0. The van der Waals surface area contributed by atoms with E-state index in [1.54, 1.807) is 67.8 Å². The summed E-state index contributed by atoms with van der Waals surface area (Å²) in [5.74, 6) is -0.174. The third-order valence-corrected chi connectivity index (χ3v) is 4.75. The predicted molar refractivity (Wildman–Crippen MR) is 120 cm³/mol. The SMILES string of the molecule is COC(=O)c1cccc(N=c2oc3ccccc3cc2C(=O)Nc2ccc(OC)cc2)c1. The normalized spacial score (nSPS) is 11.2. The first kappa shape index (κ1) is 20.9. The van der Waals surface area contributed by atoms with Gasteiger partial charge in [0.2, 0.25) is 5.55 Å². The fourth-order valence-corrected chi connectivity index (χ4v) is 3.13. The summed E-state index contributed by atoms with van der Waals surface area (Å²) in [6.45, 7) is 0. The second kappa shape index (κ2) is 9.18. The Morgan fingerprint density at radius 1 is 0.906 bits per heavy atom. The summed E-state index contributed by atoms with van der Waals surface area (Å²) in [5, 5.41) is 3.61. The van der Waals surface area contributed by atoms with Gasteiger partial charge in [-0.15, -0.1) is 0 Å². The van der Waals surface area contributed by atoms with Crippen molar-refractivity contribution in [2.24, 2.45) is 4.99 Å². The van der Waals surface area contributed by atoms with E-state index in [9.17, 15) is 9.59 Å². The van der Waals surface area contributed by atoms with Gasteiger partial charge in [-0.25, -0.2) is 9.79 Å². The predicted octanol–water partition coefficient (Wildman–Crippen LogP) is 4.71. The summed E-state index contributed by atoms with van der Waals surface area (Å²) in [6.07, 6.45) is 0. The molecule has 0 aliphatic carbocycles. The molecule has 1 amide bonds. The van der Waals surface area contributed by atoms with Crippen LogP contribution >= 0.6 is 0 Å². The second-order valence-corrected chi connectivity index (χ2v) is 6.84. The number of nitrogens with one attached hydrogen (secondary N) is 1. The Labute approximate surface area is 183 Å². The number of ether oxygens (including phenoxy) is 2. The van der Waals surface area contributed by atoms with E-state index in [0.29, 0.717) is 28.3 Å². The molecule has 7 nitrogen and oxygen atoms in total. The van der Waals surface area contributed by atoms with Gasteiger partial charge in [0.1, 0.15) is 16.9 Å². The number of nitrogens with zero attached hydrogens (tertiary/aromatic N) is 1. The summed E-state index contributed by atoms with van der Waals surface area (Å²) < 4.78 is 15.9. The highest BCUT2D eigenvalue weighted by atomic mass is 16.5. The topological polar surface area (TPSA) is 90.1 Å². The molecule has 0 spiro atoms. The molecule has 4 aromatic rings. The maximum absolute atomic E-state index is 13.1. The average molecular weight is 428 g/mol. The zero-order valence-electron chi connectivity index (χ0n) is 17.5. The molecule has 0 bridgehead atoms. The third kappa shape index (κ3) is 4.52. The summed E-state index contributed by atoms with van der Waals surface area (Å²) in [6, 6.07) is 22.7. The van der Waals surface area contributed by atoms with Crippen LogP contribution in [0.25, 0.3) is 11.0 Å². The van der Waals surface area contributed by atoms with Crippen LogP contribution in [0.4, 0.5) is 11.4 Å². The Morgan fingerprint density at radius 3 is 2.44 bits per heavy atom. The molecule has 0 unspecified atom stereocenters. The van der Waals surface area contributed by atoms with Crippen molar-refractivity contribution >= 4 is 34.2 Å². The van der Waals surface area contributed by atoms with E-state index in [0.717, 1.165) is 5.39 Å². The highest BCUT2D eigenvalue weighted by Gasteiger charge is 2.14. The van der Waals surface area contributed by atoms with Gasteiger partial charge in [-0.05, 0) is 54.6 Å². The van der Waals surface area contributed by atoms with Crippen LogP contribution in [0.1, 0.15) is 20.7 Å². The number of hydrogen-bond donors (Lipinski definition) is 1. The second-order valence-electron chi connectivity index (χ2n) is 6.84. The number of carbonyl (C=O) groups is 2. The molecule has 32 heavy (non-hydrogen) atoms. The van der Waals surface area contributed by atoms with Gasteiger partial charge >= 0.3 is 5.97 Å². The van der Waals surface area contributed by atoms with Crippen LogP contribution in [0.15, 0.2) is 88.3 Å². The van der Waals surface area contributed by atoms with Crippen molar-refractivity contribution in [3.8, 4) is 5.75 Å². The smallest absolute Gasteiger partial charge is 0.337 e. The molecule has 1 aromatic heterocycles. The van der Waals surface area contributed by atoms with Crippen LogP contribution in [0, 0.1) is 0 Å². The number of para-hydroxylation sites is 1. The lowest BCUT2D eigenvalue weighted by Crippen LogP contribution is -2.21. The van der Waals surface area contributed by atoms with E-state index < -0.39 is 5.97 Å². The van der Waals surface area contributed by atoms with Gasteiger partial charge in [-0.2, -0.15) is 0 Å². The number of rotatable bonds is 5. The van der Waals surface area contributed by atoms with Crippen molar-refractivity contribution < 1.29 is 23.5 Å². The zero-order valence-corrected chi connectivity index (χ0v) is 17.5. The van der Waals surface area contributed by atoms with E-state index in [1.165, 1.54) is 7.11 Å². The Bertz CT molecular complexity index is 1360. The number of hydrogen-bond acceptors (Lipinski definition) is 6. The monoisotopic (exact) mass is 428 g/mol. The average Bonchev–Trinajstić information content (AvgIpc) is 2.83. The molecule has 7 heteroatoms. The lowest BCUT2D eigenvalue weighted by molar-refractivity contribution is 0.0600. The molecule has 0 aliphatic rings. The molecule has 0 radical (unpaired) electrons. The molecule has 1 heterocycles. The Balaban J connectivity index is 1.79. The first-order valence-electron chi connectivity index (χ1n) is 9.79. The van der Waals surface area contributed by atoms with Gasteiger partial charge in [0, 0.05) is 11.1 Å². The first-order chi connectivity index (χ1) is 15.6. The quantitative estimate of drug-likeness (QED) is 0.465. The van der Waals surface area contributed by atoms with Gasteiger partial charge in [0.15, 0.2) is 0 Å². The molecule has 4 rings (SSSR count). The number of methoxy groups -OCH3 is 2. The van der Waals surface area contributed by atoms with E-state index >= 15 is 0 Å². The molecule has 0 saturated heterocycles. The number of anilines is 1. The fraction of sp³-hybridized carbons (Fsp3) is 0.0800. The molecular weight excluding hydrogens is 408 g/mol. The van der Waals surface area contributed by atoms with Gasteiger partial charge in [-0.1, -0.05) is 24.3 Å². The number of carbonyl (C=O) groups excluding carboxylic acids is 2. The van der Waals surface area contributed by atoms with Crippen molar-refractivity contribution in [1.82, 2.24) is 0 Å². The highest BCUT2D eigenvalue weighted by molar-refractivity contribution is 6.05. The van der Waals surface area contributed by atoms with Crippen LogP contribution < -0.4 is 15.6 Å². The maximum atomic E-state index is 13.1. The lowest BCUT2D eigenvalue weighted by atomic mass is 10.1. The van der Waals surface area contributed by atoms with Crippen molar-refractivity contribution in [3.63, 3.8) is 0 Å². The Kier molecular flexibility index (Phi) is 5.98. The first-order valence-corrected chi connectivity index (χ1v) is 9.79. The van der Waals surface area contributed by atoms with Gasteiger partial charge < -0.3 is 19.2 Å². The minimum absolute atomic E-state index is 0.122. The van der Waals surface area contributed by atoms with E-state index in [1.807, 2.05) is 18.2 Å². The Hall–Kier alpha value is -4.39. The largest absolute Gasteiger partial charge is 0.497 e. The zero-order chi connectivity index (χ0) is 22.5. The third-order valence-electron chi connectivity index (χ3n) is 4.75. The minimum atomic E-state index is -0.477. The van der Waals surface area contributed by atoms with Crippen molar-refractivity contribution in [1.29, 1.82) is 0 Å². The molecule has 160 valence electrons. The van der Waals surface area contributed by atoms with Crippen molar-refractivity contribution in [2.75, 3.05) is 19.5 Å². The molecule has 0 aliphatic heterocycles. The van der Waals surface area contributed by atoms with Crippen LogP contribution in [0.2, 0.25) is 0 Å². The van der Waals surface area contributed by atoms with Gasteiger partial charge in [0.25, 0.3) is 5.91 Å². The van der Waals surface area contributed by atoms with Crippen molar-refractivity contribution in [2.45, 2.75) is 0 Å². The van der Waals surface area contributed by atoms with Crippen LogP contribution in [0.5, 0.6) is 5.75 Å². The van der Waals surface area contributed by atoms with Gasteiger partial charge in [-0.3, -0.25) is 4.79 Å². The van der Waals surface area contributed by atoms with Crippen LogP contribution in [0.3, 0.4) is 0 Å². The molecular formula is C25H20N2O5. The summed E-state index contributed by atoms with van der Waals surface area (Å²) in [4.78, 5) is 29.5. The van der Waals surface area contributed by atoms with E-state index in [4.69, 9.17) is 13.9 Å². The number of amides is 1. The van der Waals surface area contributed by atoms with Crippen molar-refractivity contribution in [3.05, 3.63) is 95.5 Å². The summed E-state index contributed by atoms with van der Waals surface area (Å²) in [5.41, 5.74) is 2.35. The summed E-state index contributed by atoms with van der Waals surface area (Å²) in [7, 11) is 2.89. The van der Waals surface area contributed by atoms with Gasteiger partial charge in [0.05, 0.1) is 25.5 Å².